The van der Waals surface area contributed by atoms with Crippen LogP contribution in [0.15, 0.2) is 60.7 Å². The summed E-state index contributed by atoms with van der Waals surface area (Å²) < 4.78 is 5.15. The molecule has 0 spiro atoms. The molecule has 1 saturated heterocycles. The molecule has 291 valence electrons. The van der Waals surface area contributed by atoms with Gasteiger partial charge in [-0.25, -0.2) is 0 Å². The van der Waals surface area contributed by atoms with Crippen LogP contribution in [-0.2, 0) is 43.7 Å². The number of hydrogen-bond acceptors (Lipinski definition) is 3. The van der Waals surface area contributed by atoms with Crippen LogP contribution in [0, 0.1) is 11.8 Å². The molecular weight excluding hydrogens is 772 g/mol. The summed E-state index contributed by atoms with van der Waals surface area (Å²) in [6.07, 6.45) is 26.7. The van der Waals surface area contributed by atoms with Gasteiger partial charge in [0.15, 0.2) is 0 Å². The first-order chi connectivity index (χ1) is 23.2. The zero-order valence-electron chi connectivity index (χ0n) is 34.8. The summed E-state index contributed by atoms with van der Waals surface area (Å²) in [6, 6.07) is 21.6. The summed E-state index contributed by atoms with van der Waals surface area (Å²) in [6.45, 7) is 13.1. The number of carbonyl (C=O) groups is 1. The van der Waals surface area contributed by atoms with Crippen molar-refractivity contribution in [2.24, 2.45) is 11.8 Å². The summed E-state index contributed by atoms with van der Waals surface area (Å²) in [7, 11) is -2.22. The van der Waals surface area contributed by atoms with Crippen molar-refractivity contribution in [2.75, 3.05) is 39.9 Å². The van der Waals surface area contributed by atoms with Crippen molar-refractivity contribution >= 4 is 39.8 Å². The van der Waals surface area contributed by atoms with Crippen LogP contribution in [0.25, 0.3) is 0 Å². The van der Waals surface area contributed by atoms with Crippen LogP contribution < -0.4 is 40.2 Å². The first kappa shape index (κ1) is 55.1. The molecule has 4 saturated carbocycles. The van der Waals surface area contributed by atoms with Gasteiger partial charge >= 0.3 is 29.6 Å². The van der Waals surface area contributed by atoms with Crippen molar-refractivity contribution in [3.63, 3.8) is 0 Å². The molecular formula is C43H73BFe2NaO3P2+2. The molecule has 7 rings (SSSR count). The molecule has 0 aromatic heterocycles. The third-order valence-corrected chi connectivity index (χ3v) is 19.6. The van der Waals surface area contributed by atoms with Gasteiger partial charge in [-0.05, 0) is 82.6 Å². The number of ether oxygens (including phenoxy) is 1. The number of hydrogen-bond donors (Lipinski definition) is 1. The van der Waals surface area contributed by atoms with E-state index in [9.17, 15) is 9.90 Å². The maximum absolute atomic E-state index is 11.1. The first-order valence-electron chi connectivity index (χ1n) is 19.7. The Bertz CT molecular complexity index is 1100. The van der Waals surface area contributed by atoms with Crippen LogP contribution in [-0.4, -0.2) is 77.1 Å². The van der Waals surface area contributed by atoms with Crippen molar-refractivity contribution in [1.29, 1.82) is 0 Å². The van der Waals surface area contributed by atoms with E-state index >= 15 is 0 Å². The Labute approximate surface area is 368 Å². The number of carbonyl (C=O) groups excluding carboxylic acids is 1. The third kappa shape index (κ3) is 19.0. The summed E-state index contributed by atoms with van der Waals surface area (Å²) in [4.78, 5) is 11.1. The Kier molecular flexibility index (Phi) is 32.9. The predicted molar refractivity (Wildman–Crippen MR) is 223 cm³/mol. The van der Waals surface area contributed by atoms with Crippen molar-refractivity contribution in [3.05, 3.63) is 60.7 Å². The van der Waals surface area contributed by atoms with Crippen molar-refractivity contribution in [2.45, 2.75) is 140 Å². The minimum absolute atomic E-state index is 0. The van der Waals surface area contributed by atoms with Crippen molar-refractivity contribution in [1.82, 2.24) is 0 Å². The standard InChI is InChI=1S/C14H22OP.C14H20OP.C5H10O.2C5H10.B.2Fe.Na.H/c2*1-16(2,13-8-4-3-5-9-13)14-10-6-7-12(14)11-15;1-5-3-2-4-6-5;2*1-2-4-5-3-1;;;;;/h3-5,8-9,12,14-15H,6-7,10-11H2,1-2H3;3-5,8-9,11-12,14H,6-7,10H2,1-2H3;5H,2-4H2,1H3;2*1-5H2;;;;;/q2*+1;;;;;;;+1;-1. The molecule has 1 N–H and O–H groups in total. The second-order valence-electron chi connectivity index (χ2n) is 15.8. The van der Waals surface area contributed by atoms with Crippen LogP contribution in [0.1, 0.15) is 124 Å². The molecule has 1 aliphatic heterocycles. The minimum Gasteiger partial charge on any atom is -1.00 e. The smallest absolute Gasteiger partial charge is 1.00 e. The second kappa shape index (κ2) is 31.0. The SMILES string of the molecule is C1CCCC1.C1CCCC1.CC1CCCO1.C[P+](C)(c1ccccc1)C1CCCC1C=O.C[P+](C)(c1ccccc1)C1CCCC1CO.[B].[Fe].[Fe].[H-].[Na+]. The van der Waals surface area contributed by atoms with E-state index in [4.69, 9.17) is 4.74 Å². The molecule has 9 heteroatoms. The minimum atomic E-state index is -1.15. The van der Waals surface area contributed by atoms with E-state index in [1.54, 1.807) is 0 Å². The molecule has 3 nitrogen and oxygen atoms in total. The van der Waals surface area contributed by atoms with Crippen LogP contribution in [0.3, 0.4) is 0 Å². The van der Waals surface area contributed by atoms with E-state index in [1.165, 1.54) is 126 Å². The molecule has 2 aromatic carbocycles. The molecule has 5 unspecified atom stereocenters. The Morgan fingerprint density at radius 1 is 0.635 bits per heavy atom. The van der Waals surface area contributed by atoms with E-state index in [1.807, 2.05) is 0 Å². The topological polar surface area (TPSA) is 46.5 Å². The summed E-state index contributed by atoms with van der Waals surface area (Å²) >= 11 is 0. The van der Waals surface area contributed by atoms with E-state index in [0.29, 0.717) is 30.2 Å². The number of rotatable bonds is 6. The normalized spacial score (nSPS) is 24.5. The summed E-state index contributed by atoms with van der Waals surface area (Å²) in [5.74, 6) is 0.854. The molecule has 2 aromatic rings. The average Bonchev–Trinajstić information content (AvgIpc) is 3.97. The predicted octanol–water partition coefficient (Wildman–Crippen LogP) is 7.52. The van der Waals surface area contributed by atoms with Gasteiger partial charge in [-0.15, -0.1) is 0 Å². The second-order valence-corrected chi connectivity index (χ2v) is 24.4. The van der Waals surface area contributed by atoms with Gasteiger partial charge in [0, 0.05) is 76.2 Å². The largest absolute Gasteiger partial charge is 1.00 e. The molecule has 5 fully saturated rings. The Morgan fingerprint density at radius 2 is 1.04 bits per heavy atom. The van der Waals surface area contributed by atoms with Gasteiger partial charge in [0.1, 0.15) is 6.29 Å². The molecule has 5 atom stereocenters. The number of aldehydes is 1. The average molecular weight is 845 g/mol. The van der Waals surface area contributed by atoms with Crippen LogP contribution in [0.4, 0.5) is 0 Å². The fourth-order valence-electron chi connectivity index (χ4n) is 8.52. The maximum atomic E-state index is 11.1. The molecule has 3 radical (unpaired) electrons. The third-order valence-electron chi connectivity index (χ3n) is 11.7. The number of benzene rings is 2. The van der Waals surface area contributed by atoms with Crippen molar-refractivity contribution in [3.8, 4) is 0 Å². The fraction of sp³-hybridized carbons (Fsp3) is 0.698. The van der Waals surface area contributed by atoms with E-state index in [0.717, 1.165) is 18.7 Å². The number of aliphatic hydroxyl groups excluding tert-OH is 1. The quantitative estimate of drug-likeness (QED) is 0.186. The van der Waals surface area contributed by atoms with E-state index < -0.39 is 14.5 Å². The molecule has 52 heavy (non-hydrogen) atoms. The molecule has 4 aliphatic carbocycles. The summed E-state index contributed by atoms with van der Waals surface area (Å²) in [5, 5.41) is 12.4. The molecule has 5 aliphatic rings. The van der Waals surface area contributed by atoms with Crippen LogP contribution in [0.2, 0.25) is 0 Å². The van der Waals surface area contributed by atoms with Gasteiger partial charge in [-0.2, -0.15) is 0 Å². The van der Waals surface area contributed by atoms with Gasteiger partial charge in [-0.3, -0.25) is 0 Å². The van der Waals surface area contributed by atoms with Gasteiger partial charge in [0.05, 0.1) is 60.6 Å². The van der Waals surface area contributed by atoms with Gasteiger partial charge < -0.3 is 16.1 Å². The van der Waals surface area contributed by atoms with Gasteiger partial charge in [0.2, 0.25) is 0 Å². The monoisotopic (exact) mass is 845 g/mol. The van der Waals surface area contributed by atoms with Crippen LogP contribution in [0.5, 0.6) is 0 Å². The molecule has 0 amide bonds. The van der Waals surface area contributed by atoms with Crippen LogP contribution >= 0.6 is 14.5 Å². The van der Waals surface area contributed by atoms with E-state index in [-0.39, 0.29) is 73.5 Å². The van der Waals surface area contributed by atoms with Crippen molar-refractivity contribution < 1.29 is 79.8 Å². The van der Waals surface area contributed by atoms with Gasteiger partial charge in [0.25, 0.3) is 0 Å². The Hall–Kier alpha value is 0.994. The zero-order chi connectivity index (χ0) is 34.7. The molecule has 0 bridgehead atoms. The Balaban J connectivity index is -0.000000627. The van der Waals surface area contributed by atoms with E-state index in [2.05, 4.69) is 94.2 Å². The number of aliphatic hydroxyl groups is 1. The maximum Gasteiger partial charge on any atom is 1.00 e. The van der Waals surface area contributed by atoms with Gasteiger partial charge in [-0.1, -0.05) is 101 Å². The zero-order valence-corrected chi connectivity index (χ0v) is 39.8. The molecule has 1 heterocycles. The fourth-order valence-corrected chi connectivity index (χ4v) is 15.3. The first-order valence-corrected chi connectivity index (χ1v) is 25.2. The summed E-state index contributed by atoms with van der Waals surface area (Å²) in [5.41, 5.74) is 1.35. The Morgan fingerprint density at radius 3 is 1.38 bits per heavy atom.